The zero-order valence-corrected chi connectivity index (χ0v) is 19.7. The van der Waals surface area contributed by atoms with E-state index in [0.29, 0.717) is 35.4 Å². The van der Waals surface area contributed by atoms with Crippen LogP contribution in [0.1, 0.15) is 36.6 Å². The molecule has 2 aromatic rings. The van der Waals surface area contributed by atoms with Crippen molar-refractivity contribution in [2.24, 2.45) is 7.05 Å². The minimum Gasteiger partial charge on any atom is -0.337 e. The van der Waals surface area contributed by atoms with Gasteiger partial charge in [-0.3, -0.25) is 4.68 Å². The van der Waals surface area contributed by atoms with Crippen LogP contribution in [0.15, 0.2) is 27.7 Å². The molecule has 8 nitrogen and oxygen atoms in total. The number of hydrogen-bond donors (Lipinski definition) is 2. The predicted octanol–water partition coefficient (Wildman–Crippen LogP) is 4.35. The summed E-state index contributed by atoms with van der Waals surface area (Å²) in [4.78, 5) is 15.5. The third-order valence-electron chi connectivity index (χ3n) is 4.01. The number of nitrogens with one attached hydrogen (secondary N) is 2. The summed E-state index contributed by atoms with van der Waals surface area (Å²) < 4.78 is 66.2. The van der Waals surface area contributed by atoms with Crippen LogP contribution < -0.4 is 10.0 Å². The Hall–Kier alpha value is -2.25. The lowest BCUT2D eigenvalue weighted by molar-refractivity contribution is -0.137. The van der Waals surface area contributed by atoms with Gasteiger partial charge in [-0.2, -0.15) is 18.3 Å². The molecule has 14 heteroatoms. The van der Waals surface area contributed by atoms with Crippen molar-refractivity contribution in [3.8, 4) is 0 Å². The lowest BCUT2D eigenvalue weighted by Gasteiger charge is -2.09. The number of aryl methyl sites for hydroxylation is 2. The molecule has 0 fully saturated rings. The molecule has 0 aliphatic carbocycles. The summed E-state index contributed by atoms with van der Waals surface area (Å²) in [5.74, 6) is 0. The number of hydrogen-bond acceptors (Lipinski definition) is 6. The van der Waals surface area contributed by atoms with Crippen molar-refractivity contribution in [3.63, 3.8) is 0 Å². The first-order chi connectivity index (χ1) is 14.8. The van der Waals surface area contributed by atoms with Gasteiger partial charge >= 0.3 is 12.2 Å². The third kappa shape index (κ3) is 7.14. The van der Waals surface area contributed by atoms with Crippen LogP contribution in [0.2, 0.25) is 5.02 Å². The highest BCUT2D eigenvalue weighted by atomic mass is 35.5. The molecule has 0 aliphatic rings. The van der Waals surface area contributed by atoms with Crippen LogP contribution in [0.4, 0.5) is 18.0 Å². The van der Waals surface area contributed by atoms with Gasteiger partial charge in [0.25, 0.3) is 10.0 Å². The number of alkyl halides is 3. The summed E-state index contributed by atoms with van der Waals surface area (Å²) in [6, 6.07) is -0.0809. The highest BCUT2D eigenvalue weighted by Crippen LogP contribution is 2.38. The maximum atomic E-state index is 12.8. The molecule has 2 amide bonds. The topological polar surface area (TPSA) is 106 Å². The van der Waals surface area contributed by atoms with E-state index in [-0.39, 0.29) is 10.0 Å². The van der Waals surface area contributed by atoms with E-state index >= 15 is 0 Å². The average Bonchev–Trinajstić information content (AvgIpc) is 2.93. The molecule has 0 saturated carbocycles. The molecule has 2 N–H and O–H groups in total. The molecule has 0 saturated heterocycles. The summed E-state index contributed by atoms with van der Waals surface area (Å²) in [6.45, 7) is 3.90. The van der Waals surface area contributed by atoms with Gasteiger partial charge in [0.05, 0.1) is 21.7 Å². The van der Waals surface area contributed by atoms with Crippen LogP contribution in [0.25, 0.3) is 6.08 Å². The molecule has 2 aromatic heterocycles. The Bertz CT molecular complexity index is 1120. The lowest BCUT2D eigenvalue weighted by Crippen LogP contribution is -2.38. The fourth-order valence-corrected chi connectivity index (χ4v) is 4.39. The highest BCUT2D eigenvalue weighted by Gasteiger charge is 2.31. The third-order valence-corrected chi connectivity index (χ3v) is 6.57. The van der Waals surface area contributed by atoms with E-state index < -0.39 is 27.8 Å². The maximum absolute atomic E-state index is 12.8. The standard InChI is InChI=1S/C18H21ClF3N5O3S2/c1-4-5-7-23-17(28)26-32(29,30)8-6-13-11(2)25-27(3)16(13)31-15-14(19)9-12(10-24-15)18(20,21)22/h6,8-10H,4-5,7H2,1-3H3,(H2,23,26,28)/b8-6+. The number of aromatic nitrogens is 3. The highest BCUT2D eigenvalue weighted by molar-refractivity contribution is 7.99. The zero-order chi connectivity index (χ0) is 24.1. The molecule has 0 spiro atoms. The summed E-state index contributed by atoms with van der Waals surface area (Å²) in [5.41, 5.74) is -0.147. The number of sulfonamides is 1. The summed E-state index contributed by atoms with van der Waals surface area (Å²) in [6.07, 6.45) is -1.13. The molecular formula is C18H21ClF3N5O3S2. The van der Waals surface area contributed by atoms with Crippen molar-refractivity contribution in [2.45, 2.75) is 42.9 Å². The number of amides is 2. The van der Waals surface area contributed by atoms with Crippen molar-refractivity contribution in [1.82, 2.24) is 24.8 Å². The Morgan fingerprint density at radius 1 is 1.38 bits per heavy atom. The molecule has 2 heterocycles. The molecular weight excluding hydrogens is 491 g/mol. The van der Waals surface area contributed by atoms with Gasteiger partial charge in [-0.15, -0.1) is 0 Å². The second kappa shape index (κ2) is 10.6. The van der Waals surface area contributed by atoms with Gasteiger partial charge < -0.3 is 5.32 Å². The summed E-state index contributed by atoms with van der Waals surface area (Å²) >= 11 is 6.90. The van der Waals surface area contributed by atoms with E-state index in [0.717, 1.165) is 29.7 Å². The Kier molecular flexibility index (Phi) is 8.60. The number of nitrogens with zero attached hydrogens (tertiary/aromatic N) is 3. The fraction of sp³-hybridized carbons (Fsp3) is 0.389. The minimum atomic E-state index is -4.58. The maximum Gasteiger partial charge on any atom is 0.417 e. The average molecular weight is 512 g/mol. The summed E-state index contributed by atoms with van der Waals surface area (Å²) in [5, 5.41) is 7.72. The van der Waals surface area contributed by atoms with Gasteiger partial charge in [0.15, 0.2) is 0 Å². The van der Waals surface area contributed by atoms with E-state index in [4.69, 9.17) is 11.6 Å². The van der Waals surface area contributed by atoms with Crippen molar-refractivity contribution >= 4 is 45.5 Å². The lowest BCUT2D eigenvalue weighted by atomic mass is 10.3. The van der Waals surface area contributed by atoms with Crippen molar-refractivity contribution in [1.29, 1.82) is 0 Å². The SMILES string of the molecule is CCCCNC(=O)NS(=O)(=O)/C=C/c1c(C)nn(C)c1Sc1ncc(C(F)(F)F)cc1Cl. The van der Waals surface area contributed by atoms with Crippen LogP contribution in [0.3, 0.4) is 0 Å². The van der Waals surface area contributed by atoms with E-state index in [9.17, 15) is 26.4 Å². The summed E-state index contributed by atoms with van der Waals surface area (Å²) in [7, 11) is -2.52. The largest absolute Gasteiger partial charge is 0.417 e. The number of halogens is 4. The van der Waals surface area contributed by atoms with Gasteiger partial charge in [0.1, 0.15) is 10.1 Å². The Balaban J connectivity index is 2.25. The number of carbonyl (C=O) groups is 1. The smallest absolute Gasteiger partial charge is 0.337 e. The van der Waals surface area contributed by atoms with E-state index in [1.165, 1.54) is 10.8 Å². The molecule has 0 atom stereocenters. The van der Waals surface area contributed by atoms with Gasteiger partial charge in [0.2, 0.25) is 0 Å². The van der Waals surface area contributed by atoms with Gasteiger partial charge in [0, 0.05) is 25.4 Å². The number of carbonyl (C=O) groups excluding carboxylic acids is 1. The number of unbranched alkanes of at least 4 members (excludes halogenated alkanes) is 1. The molecule has 176 valence electrons. The van der Waals surface area contributed by atoms with E-state index in [1.54, 1.807) is 14.0 Å². The van der Waals surface area contributed by atoms with E-state index in [1.807, 2.05) is 11.6 Å². The quantitative estimate of drug-likeness (QED) is 0.510. The first kappa shape index (κ1) is 26.0. The first-order valence-electron chi connectivity index (χ1n) is 9.27. The molecule has 0 unspecified atom stereocenters. The Morgan fingerprint density at radius 2 is 2.06 bits per heavy atom. The fourth-order valence-electron chi connectivity index (χ4n) is 2.45. The van der Waals surface area contributed by atoms with Crippen LogP contribution in [-0.2, 0) is 23.2 Å². The second-order valence-electron chi connectivity index (χ2n) is 6.60. The molecule has 0 aromatic carbocycles. The number of pyridine rings is 1. The van der Waals surface area contributed by atoms with E-state index in [2.05, 4.69) is 15.4 Å². The number of urea groups is 1. The van der Waals surface area contributed by atoms with Gasteiger partial charge in [-0.05, 0) is 37.2 Å². The van der Waals surface area contributed by atoms with Crippen molar-refractivity contribution < 1.29 is 26.4 Å². The van der Waals surface area contributed by atoms with Crippen LogP contribution in [0, 0.1) is 6.92 Å². The first-order valence-corrected chi connectivity index (χ1v) is 12.0. The molecule has 0 aliphatic heterocycles. The van der Waals surface area contributed by atoms with Crippen LogP contribution >= 0.6 is 23.4 Å². The monoisotopic (exact) mass is 511 g/mol. The number of rotatable bonds is 8. The zero-order valence-electron chi connectivity index (χ0n) is 17.3. The predicted molar refractivity (Wildman–Crippen MR) is 116 cm³/mol. The van der Waals surface area contributed by atoms with Gasteiger partial charge in [-0.1, -0.05) is 24.9 Å². The molecule has 2 rings (SSSR count). The molecule has 0 bridgehead atoms. The normalized spacial score (nSPS) is 12.3. The minimum absolute atomic E-state index is 0.0913. The Morgan fingerprint density at radius 3 is 2.66 bits per heavy atom. The van der Waals surface area contributed by atoms with Crippen molar-refractivity contribution in [2.75, 3.05) is 6.54 Å². The second-order valence-corrected chi connectivity index (χ2v) is 9.55. The molecule has 32 heavy (non-hydrogen) atoms. The Labute approximate surface area is 192 Å². The van der Waals surface area contributed by atoms with Crippen molar-refractivity contribution in [3.05, 3.63) is 39.5 Å². The van der Waals surface area contributed by atoms with Gasteiger partial charge in [-0.25, -0.2) is 22.9 Å². The van der Waals surface area contributed by atoms with Crippen LogP contribution in [0.5, 0.6) is 0 Å². The van der Waals surface area contributed by atoms with Crippen LogP contribution in [-0.4, -0.2) is 35.8 Å². The molecule has 0 radical (unpaired) electrons.